The Balaban J connectivity index is 1.79. The summed E-state index contributed by atoms with van der Waals surface area (Å²) in [4.78, 5) is 12.5. The molecule has 3 rings (SSSR count). The summed E-state index contributed by atoms with van der Waals surface area (Å²) in [5.74, 6) is 1.07. The lowest BCUT2D eigenvalue weighted by Gasteiger charge is -2.12. The van der Waals surface area contributed by atoms with Crippen molar-refractivity contribution in [1.82, 2.24) is 5.16 Å². The number of carbonyl (C=O) groups is 1. The zero-order chi connectivity index (χ0) is 17.8. The molecular weight excluding hydrogens is 316 g/mol. The molecule has 0 fully saturated rings. The van der Waals surface area contributed by atoms with E-state index in [0.717, 1.165) is 16.9 Å². The maximum Gasteiger partial charge on any atom is 0.278 e. The summed E-state index contributed by atoms with van der Waals surface area (Å²) in [6.45, 7) is 5.98. The fraction of sp³-hybridized carbons (Fsp3) is 0.200. The van der Waals surface area contributed by atoms with Gasteiger partial charge < -0.3 is 14.6 Å². The molecule has 1 N–H and O–H groups in total. The lowest BCUT2D eigenvalue weighted by Crippen LogP contribution is -2.15. The van der Waals surface area contributed by atoms with Crippen LogP contribution in [0.1, 0.15) is 32.9 Å². The summed E-state index contributed by atoms with van der Waals surface area (Å²) in [5, 5.41) is 6.72. The molecule has 0 saturated heterocycles. The van der Waals surface area contributed by atoms with Crippen molar-refractivity contribution in [3.8, 4) is 5.75 Å². The molecule has 3 aromatic rings. The molecule has 0 radical (unpaired) electrons. The van der Waals surface area contributed by atoms with Gasteiger partial charge in [-0.25, -0.2) is 0 Å². The number of anilines is 1. The number of nitrogens with zero attached hydrogens (tertiary/aromatic N) is 1. The fourth-order valence-electron chi connectivity index (χ4n) is 2.62. The largest absolute Gasteiger partial charge is 0.488 e. The first-order chi connectivity index (χ1) is 12.1. The zero-order valence-electron chi connectivity index (χ0n) is 14.5. The highest BCUT2D eigenvalue weighted by Crippen LogP contribution is 2.25. The number of hydrogen-bond acceptors (Lipinski definition) is 4. The second-order valence-corrected chi connectivity index (χ2v) is 5.90. The normalized spacial score (nSPS) is 10.5. The van der Waals surface area contributed by atoms with Gasteiger partial charge in [0, 0.05) is 5.69 Å². The van der Waals surface area contributed by atoms with Crippen LogP contribution in [0.4, 0.5) is 5.69 Å². The van der Waals surface area contributed by atoms with Crippen LogP contribution < -0.4 is 10.1 Å². The summed E-state index contributed by atoms with van der Waals surface area (Å²) >= 11 is 0. The molecule has 0 aliphatic carbocycles. The summed E-state index contributed by atoms with van der Waals surface area (Å²) in [6.07, 6.45) is 0. The lowest BCUT2D eigenvalue weighted by molar-refractivity contribution is 0.101. The molecule has 0 bridgehead atoms. The molecule has 5 nitrogen and oxygen atoms in total. The minimum atomic E-state index is -0.317. The van der Waals surface area contributed by atoms with Gasteiger partial charge in [0.25, 0.3) is 5.91 Å². The van der Waals surface area contributed by atoms with Crippen LogP contribution in [-0.4, -0.2) is 11.1 Å². The Morgan fingerprint density at radius 2 is 1.72 bits per heavy atom. The molecule has 0 unspecified atom stereocenters. The molecule has 0 saturated carbocycles. The number of aromatic nitrogens is 1. The summed E-state index contributed by atoms with van der Waals surface area (Å²) in [6, 6.07) is 15.2. The number of carbonyl (C=O) groups excluding carboxylic acids is 1. The molecule has 128 valence electrons. The first-order valence-electron chi connectivity index (χ1n) is 8.07. The van der Waals surface area contributed by atoms with Crippen LogP contribution in [0, 0.1) is 20.8 Å². The smallest absolute Gasteiger partial charge is 0.278 e. The first-order valence-corrected chi connectivity index (χ1v) is 8.07. The Bertz CT molecular complexity index is 865. The van der Waals surface area contributed by atoms with Gasteiger partial charge in [-0.2, -0.15) is 0 Å². The van der Waals surface area contributed by atoms with Crippen molar-refractivity contribution in [2.75, 3.05) is 5.32 Å². The predicted molar refractivity (Wildman–Crippen MR) is 95.9 cm³/mol. The van der Waals surface area contributed by atoms with Crippen molar-refractivity contribution in [2.24, 2.45) is 0 Å². The molecule has 0 aliphatic rings. The van der Waals surface area contributed by atoms with Crippen LogP contribution in [0.3, 0.4) is 0 Å². The highest BCUT2D eigenvalue weighted by molar-refractivity contribution is 6.03. The van der Waals surface area contributed by atoms with E-state index in [1.165, 1.54) is 0 Å². The van der Waals surface area contributed by atoms with Gasteiger partial charge in [0.2, 0.25) is 0 Å². The lowest BCUT2D eigenvalue weighted by atomic mass is 10.1. The Kier molecular flexibility index (Phi) is 4.84. The van der Waals surface area contributed by atoms with E-state index in [4.69, 9.17) is 9.26 Å². The molecule has 0 aliphatic heterocycles. The average molecular weight is 336 g/mol. The highest BCUT2D eigenvalue weighted by Gasteiger charge is 2.21. The molecule has 0 atom stereocenters. The van der Waals surface area contributed by atoms with E-state index in [9.17, 15) is 4.79 Å². The van der Waals surface area contributed by atoms with Crippen molar-refractivity contribution in [3.63, 3.8) is 0 Å². The maximum atomic E-state index is 12.5. The molecule has 5 heteroatoms. The third-order valence-electron chi connectivity index (χ3n) is 4.00. The van der Waals surface area contributed by atoms with Gasteiger partial charge in [0.05, 0.1) is 5.56 Å². The van der Waals surface area contributed by atoms with Crippen LogP contribution in [0.15, 0.2) is 53.1 Å². The minimum absolute atomic E-state index is 0.221. The fourth-order valence-corrected chi connectivity index (χ4v) is 2.62. The van der Waals surface area contributed by atoms with E-state index in [1.54, 1.807) is 6.92 Å². The number of rotatable bonds is 5. The maximum absolute atomic E-state index is 12.5. The SMILES string of the molecule is Cc1cccc(C)c1OCc1c(C(=O)Nc2ccccc2)noc1C. The number of para-hydroxylation sites is 2. The molecule has 1 amide bonds. The second-order valence-electron chi connectivity index (χ2n) is 5.90. The molecular formula is C20H20N2O3. The Hall–Kier alpha value is -3.08. The van der Waals surface area contributed by atoms with Crippen molar-refractivity contribution >= 4 is 11.6 Å². The van der Waals surface area contributed by atoms with E-state index >= 15 is 0 Å². The molecule has 25 heavy (non-hydrogen) atoms. The van der Waals surface area contributed by atoms with Crippen LogP contribution >= 0.6 is 0 Å². The number of benzene rings is 2. The monoisotopic (exact) mass is 336 g/mol. The second kappa shape index (κ2) is 7.21. The number of aryl methyl sites for hydroxylation is 3. The minimum Gasteiger partial charge on any atom is -0.488 e. The van der Waals surface area contributed by atoms with E-state index in [1.807, 2.05) is 62.4 Å². The number of hydrogen-bond donors (Lipinski definition) is 1. The van der Waals surface area contributed by atoms with Gasteiger partial charge in [-0.05, 0) is 44.0 Å². The Labute approximate surface area is 146 Å². The highest BCUT2D eigenvalue weighted by atomic mass is 16.5. The summed E-state index contributed by atoms with van der Waals surface area (Å²) in [7, 11) is 0. The molecule has 2 aromatic carbocycles. The Morgan fingerprint density at radius 3 is 2.40 bits per heavy atom. The third-order valence-corrected chi connectivity index (χ3v) is 4.00. The standard InChI is InChI=1S/C20H20N2O3/c1-13-8-7-9-14(2)19(13)24-12-17-15(3)25-22-18(17)20(23)21-16-10-5-4-6-11-16/h4-11H,12H2,1-3H3,(H,21,23). The van der Waals surface area contributed by atoms with Crippen molar-refractivity contribution in [3.05, 3.63) is 76.7 Å². The van der Waals surface area contributed by atoms with Gasteiger partial charge in [-0.3, -0.25) is 4.79 Å². The van der Waals surface area contributed by atoms with Crippen molar-refractivity contribution < 1.29 is 14.1 Å². The van der Waals surface area contributed by atoms with E-state index < -0.39 is 0 Å². The Morgan fingerprint density at radius 1 is 1.04 bits per heavy atom. The summed E-state index contributed by atoms with van der Waals surface area (Å²) < 4.78 is 11.2. The summed E-state index contributed by atoms with van der Waals surface area (Å²) in [5.41, 5.74) is 3.69. The van der Waals surface area contributed by atoms with Gasteiger partial charge >= 0.3 is 0 Å². The van der Waals surface area contributed by atoms with E-state index in [0.29, 0.717) is 17.0 Å². The van der Waals surface area contributed by atoms with E-state index in [-0.39, 0.29) is 18.2 Å². The quantitative estimate of drug-likeness (QED) is 0.748. The van der Waals surface area contributed by atoms with Crippen molar-refractivity contribution in [1.29, 1.82) is 0 Å². The predicted octanol–water partition coefficient (Wildman–Crippen LogP) is 4.43. The van der Waals surface area contributed by atoms with Crippen LogP contribution in [0.25, 0.3) is 0 Å². The van der Waals surface area contributed by atoms with E-state index in [2.05, 4.69) is 10.5 Å². The average Bonchev–Trinajstić information content (AvgIpc) is 2.96. The van der Waals surface area contributed by atoms with Gasteiger partial charge in [-0.1, -0.05) is 41.6 Å². The van der Waals surface area contributed by atoms with Gasteiger partial charge in [0.1, 0.15) is 18.1 Å². The molecule has 0 spiro atoms. The molecule has 1 heterocycles. The van der Waals surface area contributed by atoms with Crippen LogP contribution in [-0.2, 0) is 6.61 Å². The number of ether oxygens (including phenoxy) is 1. The van der Waals surface area contributed by atoms with Crippen LogP contribution in [0.2, 0.25) is 0 Å². The first kappa shape index (κ1) is 16.8. The van der Waals surface area contributed by atoms with Crippen LogP contribution in [0.5, 0.6) is 5.75 Å². The van der Waals surface area contributed by atoms with Gasteiger partial charge in [-0.15, -0.1) is 0 Å². The topological polar surface area (TPSA) is 64.4 Å². The third kappa shape index (κ3) is 3.71. The molecule has 1 aromatic heterocycles. The number of nitrogens with one attached hydrogen (secondary N) is 1. The van der Waals surface area contributed by atoms with Gasteiger partial charge in [0.15, 0.2) is 5.69 Å². The van der Waals surface area contributed by atoms with Crippen molar-refractivity contribution in [2.45, 2.75) is 27.4 Å². The zero-order valence-corrected chi connectivity index (χ0v) is 14.5. The number of amides is 1.